The van der Waals surface area contributed by atoms with Crippen LogP contribution in [0.4, 0.5) is 0 Å². The highest BCUT2D eigenvalue weighted by atomic mass is 32.2. The quantitative estimate of drug-likeness (QED) is 0.697. The van der Waals surface area contributed by atoms with Crippen molar-refractivity contribution in [3.05, 3.63) is 30.3 Å². The van der Waals surface area contributed by atoms with E-state index in [2.05, 4.69) is 36.0 Å². The number of nitrogens with zero attached hydrogens (tertiary/aromatic N) is 3. The van der Waals surface area contributed by atoms with Gasteiger partial charge in [0, 0.05) is 18.2 Å². The second-order valence-electron chi connectivity index (χ2n) is 5.82. The summed E-state index contributed by atoms with van der Waals surface area (Å²) in [5.41, 5.74) is 0.993. The average molecular weight is 347 g/mol. The van der Waals surface area contributed by atoms with Gasteiger partial charge in [0.25, 0.3) is 0 Å². The second kappa shape index (κ2) is 9.47. The molecule has 1 N–H and O–H groups in total. The first kappa shape index (κ1) is 18.5. The number of hydrogen-bond donors (Lipinski definition) is 1. The van der Waals surface area contributed by atoms with Gasteiger partial charge in [-0.25, -0.2) is 4.98 Å². The van der Waals surface area contributed by atoms with Gasteiger partial charge in [0.1, 0.15) is 0 Å². The van der Waals surface area contributed by atoms with Crippen LogP contribution in [-0.4, -0.2) is 44.3 Å². The maximum absolute atomic E-state index is 12.5. The SMILES string of the molecule is CCCCN(C(=O)CSc1n[nH]c(-c2ccccc2)n1)C(C)CC. The third-order valence-corrected chi connectivity index (χ3v) is 4.86. The number of benzene rings is 1. The van der Waals surface area contributed by atoms with Crippen molar-refractivity contribution in [3.8, 4) is 11.4 Å². The summed E-state index contributed by atoms with van der Waals surface area (Å²) >= 11 is 1.39. The molecular weight excluding hydrogens is 320 g/mol. The van der Waals surface area contributed by atoms with E-state index < -0.39 is 0 Å². The van der Waals surface area contributed by atoms with Crippen LogP contribution in [0, 0.1) is 0 Å². The zero-order chi connectivity index (χ0) is 17.4. The molecule has 1 unspecified atom stereocenters. The Balaban J connectivity index is 1.94. The summed E-state index contributed by atoms with van der Waals surface area (Å²) in [5, 5.41) is 7.76. The maximum Gasteiger partial charge on any atom is 0.233 e. The number of carbonyl (C=O) groups excluding carboxylic acids is 1. The molecule has 6 heteroatoms. The van der Waals surface area contributed by atoms with E-state index in [0.717, 1.165) is 37.2 Å². The van der Waals surface area contributed by atoms with Gasteiger partial charge in [-0.05, 0) is 19.8 Å². The van der Waals surface area contributed by atoms with Crippen molar-refractivity contribution >= 4 is 17.7 Å². The normalized spacial score (nSPS) is 12.1. The molecule has 130 valence electrons. The number of hydrogen-bond acceptors (Lipinski definition) is 4. The summed E-state index contributed by atoms with van der Waals surface area (Å²) in [7, 11) is 0. The Kier molecular flexibility index (Phi) is 7.31. The molecule has 0 spiro atoms. The van der Waals surface area contributed by atoms with Gasteiger partial charge in [-0.1, -0.05) is 62.4 Å². The van der Waals surface area contributed by atoms with Crippen LogP contribution in [0.2, 0.25) is 0 Å². The number of aromatic amines is 1. The van der Waals surface area contributed by atoms with Gasteiger partial charge in [0.15, 0.2) is 5.82 Å². The van der Waals surface area contributed by atoms with Crippen molar-refractivity contribution in [2.24, 2.45) is 0 Å². The second-order valence-corrected chi connectivity index (χ2v) is 6.76. The van der Waals surface area contributed by atoms with Crippen molar-refractivity contribution in [1.29, 1.82) is 0 Å². The van der Waals surface area contributed by atoms with Crippen molar-refractivity contribution < 1.29 is 4.79 Å². The zero-order valence-electron chi connectivity index (χ0n) is 14.7. The van der Waals surface area contributed by atoms with Crippen LogP contribution in [0.25, 0.3) is 11.4 Å². The summed E-state index contributed by atoms with van der Waals surface area (Å²) < 4.78 is 0. The molecule has 0 fully saturated rings. The summed E-state index contributed by atoms with van der Waals surface area (Å²) in [6, 6.07) is 10.1. The minimum atomic E-state index is 0.161. The first-order valence-corrected chi connectivity index (χ1v) is 9.54. The lowest BCUT2D eigenvalue weighted by Crippen LogP contribution is -2.40. The molecule has 1 amide bonds. The molecule has 0 radical (unpaired) electrons. The van der Waals surface area contributed by atoms with Crippen molar-refractivity contribution in [3.63, 3.8) is 0 Å². The number of rotatable bonds is 9. The molecule has 0 aliphatic carbocycles. The van der Waals surface area contributed by atoms with Crippen LogP contribution in [-0.2, 0) is 4.79 Å². The molecule has 1 heterocycles. The highest BCUT2D eigenvalue weighted by molar-refractivity contribution is 7.99. The van der Waals surface area contributed by atoms with Gasteiger partial charge in [0.05, 0.1) is 5.75 Å². The summed E-state index contributed by atoms with van der Waals surface area (Å²) in [5.74, 6) is 1.27. The minimum Gasteiger partial charge on any atom is -0.339 e. The van der Waals surface area contributed by atoms with Crippen molar-refractivity contribution in [2.45, 2.75) is 51.2 Å². The molecule has 2 rings (SSSR count). The fourth-order valence-corrected chi connectivity index (χ4v) is 3.07. The predicted molar refractivity (Wildman–Crippen MR) is 98.9 cm³/mol. The fraction of sp³-hybridized carbons (Fsp3) is 0.500. The monoisotopic (exact) mass is 346 g/mol. The van der Waals surface area contributed by atoms with Crippen LogP contribution < -0.4 is 0 Å². The largest absolute Gasteiger partial charge is 0.339 e. The highest BCUT2D eigenvalue weighted by Crippen LogP contribution is 2.19. The number of aromatic nitrogens is 3. The van der Waals surface area contributed by atoms with E-state index in [1.54, 1.807) is 0 Å². The Morgan fingerprint density at radius 3 is 2.71 bits per heavy atom. The maximum atomic E-state index is 12.5. The Hall–Kier alpha value is -1.82. The molecule has 0 aliphatic heterocycles. The van der Waals surface area contributed by atoms with Gasteiger partial charge in [-0.3, -0.25) is 9.89 Å². The number of thioether (sulfide) groups is 1. The van der Waals surface area contributed by atoms with E-state index in [0.29, 0.717) is 10.9 Å². The van der Waals surface area contributed by atoms with Crippen LogP contribution >= 0.6 is 11.8 Å². The van der Waals surface area contributed by atoms with Crippen LogP contribution in [0.3, 0.4) is 0 Å². The first-order chi connectivity index (χ1) is 11.7. The smallest absolute Gasteiger partial charge is 0.233 e. The molecular formula is C18H26N4OS. The van der Waals surface area contributed by atoms with Gasteiger partial charge < -0.3 is 4.90 Å². The van der Waals surface area contributed by atoms with E-state index in [-0.39, 0.29) is 11.9 Å². The molecule has 0 bridgehead atoms. The fourth-order valence-electron chi connectivity index (χ4n) is 2.39. The molecule has 0 saturated carbocycles. The molecule has 1 aromatic heterocycles. The molecule has 5 nitrogen and oxygen atoms in total. The summed E-state index contributed by atoms with van der Waals surface area (Å²) in [4.78, 5) is 19.0. The average Bonchev–Trinajstić information content (AvgIpc) is 3.09. The van der Waals surface area contributed by atoms with E-state index in [9.17, 15) is 4.79 Å². The van der Waals surface area contributed by atoms with Crippen LogP contribution in [0.1, 0.15) is 40.0 Å². The lowest BCUT2D eigenvalue weighted by Gasteiger charge is -2.28. The van der Waals surface area contributed by atoms with Gasteiger partial charge >= 0.3 is 0 Å². The lowest BCUT2D eigenvalue weighted by molar-refractivity contribution is -0.130. The minimum absolute atomic E-state index is 0.161. The van der Waals surface area contributed by atoms with Gasteiger partial charge in [0.2, 0.25) is 11.1 Å². The molecule has 0 aliphatic rings. The Morgan fingerprint density at radius 1 is 1.29 bits per heavy atom. The summed E-state index contributed by atoms with van der Waals surface area (Å²) in [6.45, 7) is 7.20. The summed E-state index contributed by atoms with van der Waals surface area (Å²) in [6.07, 6.45) is 3.10. The number of unbranched alkanes of at least 4 members (excludes halogenated alkanes) is 1. The number of H-pyrrole nitrogens is 1. The predicted octanol–water partition coefficient (Wildman–Crippen LogP) is 3.99. The molecule has 0 saturated heterocycles. The van der Waals surface area contributed by atoms with E-state index in [1.165, 1.54) is 11.8 Å². The number of nitrogens with one attached hydrogen (secondary N) is 1. The Labute approximate surface area is 148 Å². The Bertz CT molecular complexity index is 629. The zero-order valence-corrected chi connectivity index (χ0v) is 15.5. The van der Waals surface area contributed by atoms with E-state index >= 15 is 0 Å². The molecule has 1 aromatic carbocycles. The van der Waals surface area contributed by atoms with Crippen LogP contribution in [0.15, 0.2) is 35.5 Å². The first-order valence-electron chi connectivity index (χ1n) is 8.55. The van der Waals surface area contributed by atoms with E-state index in [4.69, 9.17) is 0 Å². The topological polar surface area (TPSA) is 61.9 Å². The van der Waals surface area contributed by atoms with Gasteiger partial charge in [-0.2, -0.15) is 0 Å². The van der Waals surface area contributed by atoms with E-state index in [1.807, 2.05) is 35.2 Å². The van der Waals surface area contributed by atoms with Crippen molar-refractivity contribution in [1.82, 2.24) is 20.1 Å². The van der Waals surface area contributed by atoms with Crippen LogP contribution in [0.5, 0.6) is 0 Å². The highest BCUT2D eigenvalue weighted by Gasteiger charge is 2.19. The molecule has 2 aromatic rings. The standard InChI is InChI=1S/C18H26N4OS/c1-4-6-12-22(14(3)5-2)16(23)13-24-18-19-17(20-21-18)15-10-8-7-9-11-15/h7-11,14H,4-6,12-13H2,1-3H3,(H,19,20,21). The molecule has 1 atom stereocenters. The number of carbonyl (C=O) groups is 1. The van der Waals surface area contributed by atoms with Crippen molar-refractivity contribution in [2.75, 3.05) is 12.3 Å². The Morgan fingerprint density at radius 2 is 2.04 bits per heavy atom. The third-order valence-electron chi connectivity index (χ3n) is 4.03. The third kappa shape index (κ3) is 5.09. The molecule has 24 heavy (non-hydrogen) atoms. The number of amides is 1. The lowest BCUT2D eigenvalue weighted by atomic mass is 10.2. The van der Waals surface area contributed by atoms with Gasteiger partial charge in [-0.15, -0.1) is 5.10 Å².